The Morgan fingerprint density at radius 1 is 1.00 bits per heavy atom. The van der Waals surface area contributed by atoms with Crippen LogP contribution >= 0.6 is 0 Å². The fourth-order valence-corrected chi connectivity index (χ4v) is 1.89. The third kappa shape index (κ3) is 3.20. The van der Waals surface area contributed by atoms with Crippen molar-refractivity contribution in [3.63, 3.8) is 0 Å². The maximum Gasteiger partial charge on any atom is 0.0403 e. The SMILES string of the molecule is Cc1cccc(CCCc2ccccn2)c1. The highest BCUT2D eigenvalue weighted by molar-refractivity contribution is 5.22. The Labute approximate surface area is 97.2 Å². The molecule has 1 heterocycles. The summed E-state index contributed by atoms with van der Waals surface area (Å²) in [5.74, 6) is 0. The Morgan fingerprint density at radius 3 is 2.69 bits per heavy atom. The van der Waals surface area contributed by atoms with E-state index in [1.807, 2.05) is 12.3 Å². The van der Waals surface area contributed by atoms with Crippen LogP contribution in [0.2, 0.25) is 0 Å². The average Bonchev–Trinajstić information content (AvgIpc) is 2.30. The molecule has 0 saturated heterocycles. The fraction of sp³-hybridized carbons (Fsp3) is 0.267. The zero-order valence-corrected chi connectivity index (χ0v) is 9.69. The molecule has 0 radical (unpaired) electrons. The molecule has 0 unspecified atom stereocenters. The number of aromatic nitrogens is 1. The van der Waals surface area contributed by atoms with Gasteiger partial charge in [-0.25, -0.2) is 0 Å². The monoisotopic (exact) mass is 211 g/mol. The van der Waals surface area contributed by atoms with Gasteiger partial charge in [-0.2, -0.15) is 0 Å². The molecule has 0 fully saturated rings. The molecule has 0 bridgehead atoms. The molecule has 0 N–H and O–H groups in total. The smallest absolute Gasteiger partial charge is 0.0403 e. The fourth-order valence-electron chi connectivity index (χ4n) is 1.89. The minimum absolute atomic E-state index is 1.06. The summed E-state index contributed by atoms with van der Waals surface area (Å²) >= 11 is 0. The Balaban J connectivity index is 1.85. The first kappa shape index (κ1) is 10.9. The van der Waals surface area contributed by atoms with Gasteiger partial charge in [0.25, 0.3) is 0 Å². The van der Waals surface area contributed by atoms with E-state index < -0.39 is 0 Å². The number of hydrogen-bond acceptors (Lipinski definition) is 1. The molecule has 1 nitrogen and oxygen atoms in total. The predicted octanol–water partition coefficient (Wildman–Crippen LogP) is 3.57. The zero-order chi connectivity index (χ0) is 11.2. The maximum atomic E-state index is 4.33. The van der Waals surface area contributed by atoms with E-state index in [0.717, 1.165) is 12.8 Å². The van der Waals surface area contributed by atoms with E-state index in [-0.39, 0.29) is 0 Å². The van der Waals surface area contributed by atoms with E-state index >= 15 is 0 Å². The number of hydrogen-bond donors (Lipinski definition) is 0. The second-order valence-electron chi connectivity index (χ2n) is 4.16. The summed E-state index contributed by atoms with van der Waals surface area (Å²) < 4.78 is 0. The van der Waals surface area contributed by atoms with Crippen LogP contribution in [0.15, 0.2) is 48.7 Å². The van der Waals surface area contributed by atoms with Crippen LogP contribution in [-0.4, -0.2) is 4.98 Å². The van der Waals surface area contributed by atoms with Crippen LogP contribution in [0.25, 0.3) is 0 Å². The molecule has 0 amide bonds. The van der Waals surface area contributed by atoms with Crippen molar-refractivity contribution in [1.29, 1.82) is 0 Å². The van der Waals surface area contributed by atoms with Crippen molar-refractivity contribution >= 4 is 0 Å². The lowest BCUT2D eigenvalue weighted by Gasteiger charge is -2.02. The second kappa shape index (κ2) is 5.45. The molecule has 0 atom stereocenters. The van der Waals surface area contributed by atoms with E-state index in [2.05, 4.69) is 48.3 Å². The van der Waals surface area contributed by atoms with Gasteiger partial charge in [0.2, 0.25) is 0 Å². The zero-order valence-electron chi connectivity index (χ0n) is 9.69. The van der Waals surface area contributed by atoms with Crippen LogP contribution in [0.3, 0.4) is 0 Å². The molecular weight excluding hydrogens is 194 g/mol. The second-order valence-corrected chi connectivity index (χ2v) is 4.16. The van der Waals surface area contributed by atoms with Crippen LogP contribution in [0.4, 0.5) is 0 Å². The molecule has 16 heavy (non-hydrogen) atoms. The molecule has 0 saturated carbocycles. The van der Waals surface area contributed by atoms with Gasteiger partial charge in [-0.1, -0.05) is 35.9 Å². The highest BCUT2D eigenvalue weighted by Crippen LogP contribution is 2.08. The average molecular weight is 211 g/mol. The van der Waals surface area contributed by atoms with Gasteiger partial charge in [0.1, 0.15) is 0 Å². The van der Waals surface area contributed by atoms with Crippen molar-refractivity contribution in [3.05, 3.63) is 65.5 Å². The van der Waals surface area contributed by atoms with Gasteiger partial charge >= 0.3 is 0 Å². The molecule has 1 heteroatoms. The highest BCUT2D eigenvalue weighted by atomic mass is 14.7. The Bertz CT molecular complexity index is 434. The molecule has 2 rings (SSSR count). The predicted molar refractivity (Wildman–Crippen MR) is 67.4 cm³/mol. The summed E-state index contributed by atoms with van der Waals surface area (Å²) in [6.07, 6.45) is 5.23. The van der Waals surface area contributed by atoms with Gasteiger partial charge in [-0.3, -0.25) is 4.98 Å². The van der Waals surface area contributed by atoms with Gasteiger partial charge in [0.05, 0.1) is 0 Å². The molecule has 82 valence electrons. The Kier molecular flexibility index (Phi) is 3.71. The third-order valence-electron chi connectivity index (χ3n) is 2.71. The summed E-state index contributed by atoms with van der Waals surface area (Å²) in [7, 11) is 0. The molecule has 0 aliphatic rings. The topological polar surface area (TPSA) is 12.9 Å². The van der Waals surface area contributed by atoms with Gasteiger partial charge < -0.3 is 0 Å². The molecule has 1 aromatic carbocycles. The minimum atomic E-state index is 1.06. The Hall–Kier alpha value is -1.63. The number of pyridine rings is 1. The lowest BCUT2D eigenvalue weighted by atomic mass is 10.0. The summed E-state index contributed by atoms with van der Waals surface area (Å²) in [5.41, 5.74) is 3.96. The van der Waals surface area contributed by atoms with Crippen molar-refractivity contribution in [2.75, 3.05) is 0 Å². The van der Waals surface area contributed by atoms with E-state index in [0.29, 0.717) is 0 Å². The first-order chi connectivity index (χ1) is 7.84. The van der Waals surface area contributed by atoms with E-state index in [9.17, 15) is 0 Å². The number of benzene rings is 1. The highest BCUT2D eigenvalue weighted by Gasteiger charge is 1.96. The first-order valence-electron chi connectivity index (χ1n) is 5.80. The molecule has 0 spiro atoms. The summed E-state index contributed by atoms with van der Waals surface area (Å²) in [6.45, 7) is 2.14. The summed E-state index contributed by atoms with van der Waals surface area (Å²) in [6, 6.07) is 14.8. The molecule has 0 aliphatic carbocycles. The van der Waals surface area contributed by atoms with Crippen molar-refractivity contribution in [3.8, 4) is 0 Å². The van der Waals surface area contributed by atoms with Gasteiger partial charge in [-0.15, -0.1) is 0 Å². The Morgan fingerprint density at radius 2 is 1.94 bits per heavy atom. The summed E-state index contributed by atoms with van der Waals surface area (Å²) in [5, 5.41) is 0. The normalized spacial score (nSPS) is 10.3. The standard InChI is InChI=1S/C15H17N/c1-13-6-4-7-14(12-13)8-5-10-15-9-2-3-11-16-15/h2-4,6-7,9,11-12H,5,8,10H2,1H3. The van der Waals surface area contributed by atoms with Crippen molar-refractivity contribution < 1.29 is 0 Å². The maximum absolute atomic E-state index is 4.33. The van der Waals surface area contributed by atoms with Crippen LogP contribution in [0.5, 0.6) is 0 Å². The van der Waals surface area contributed by atoms with Crippen LogP contribution < -0.4 is 0 Å². The minimum Gasteiger partial charge on any atom is -0.261 e. The number of nitrogens with zero attached hydrogens (tertiary/aromatic N) is 1. The lowest BCUT2D eigenvalue weighted by molar-refractivity contribution is 0.799. The van der Waals surface area contributed by atoms with Crippen molar-refractivity contribution in [2.24, 2.45) is 0 Å². The van der Waals surface area contributed by atoms with Crippen molar-refractivity contribution in [2.45, 2.75) is 26.2 Å². The lowest BCUT2D eigenvalue weighted by Crippen LogP contribution is -1.92. The van der Waals surface area contributed by atoms with Gasteiger partial charge in [-0.05, 0) is 43.9 Å². The quantitative estimate of drug-likeness (QED) is 0.753. The molecular formula is C15H17N. The molecule has 1 aromatic heterocycles. The number of aryl methyl sites for hydroxylation is 3. The van der Waals surface area contributed by atoms with E-state index in [1.165, 1.54) is 23.2 Å². The molecule has 0 aliphatic heterocycles. The van der Waals surface area contributed by atoms with E-state index in [1.54, 1.807) is 0 Å². The van der Waals surface area contributed by atoms with Gasteiger partial charge in [0, 0.05) is 11.9 Å². The van der Waals surface area contributed by atoms with Crippen molar-refractivity contribution in [1.82, 2.24) is 4.98 Å². The summed E-state index contributed by atoms with van der Waals surface area (Å²) in [4.78, 5) is 4.33. The number of rotatable bonds is 4. The third-order valence-corrected chi connectivity index (χ3v) is 2.71. The first-order valence-corrected chi connectivity index (χ1v) is 5.80. The van der Waals surface area contributed by atoms with Crippen LogP contribution in [0, 0.1) is 6.92 Å². The van der Waals surface area contributed by atoms with E-state index in [4.69, 9.17) is 0 Å². The largest absolute Gasteiger partial charge is 0.261 e. The van der Waals surface area contributed by atoms with Crippen LogP contribution in [-0.2, 0) is 12.8 Å². The van der Waals surface area contributed by atoms with Gasteiger partial charge in [0.15, 0.2) is 0 Å². The molecule has 2 aromatic rings. The van der Waals surface area contributed by atoms with Crippen LogP contribution in [0.1, 0.15) is 23.2 Å².